The third-order valence-corrected chi connectivity index (χ3v) is 19.1. The second-order valence-corrected chi connectivity index (χ2v) is 26.3. The summed E-state index contributed by atoms with van der Waals surface area (Å²) >= 11 is 0. The van der Waals surface area contributed by atoms with Crippen LogP contribution in [0.25, 0.3) is 170 Å². The molecule has 10 nitrogen and oxygen atoms in total. The van der Waals surface area contributed by atoms with Crippen LogP contribution in [-0.2, 0) is 5.41 Å². The number of benzene rings is 13. The van der Waals surface area contributed by atoms with Gasteiger partial charge in [0.05, 0.1) is 22.8 Å². The maximum absolute atomic E-state index is 5.24. The van der Waals surface area contributed by atoms with E-state index in [4.69, 9.17) is 49.8 Å². The van der Waals surface area contributed by atoms with Gasteiger partial charge in [-0.05, 0) is 74.8 Å². The van der Waals surface area contributed by atoms with Gasteiger partial charge in [-0.25, -0.2) is 49.8 Å². The fourth-order valence-electron chi connectivity index (χ4n) is 13.6. The number of aromatic nitrogens is 10. The molecule has 4 aromatic heterocycles. The fourth-order valence-corrected chi connectivity index (χ4v) is 13.6. The van der Waals surface area contributed by atoms with Crippen molar-refractivity contribution in [2.75, 3.05) is 0 Å². The van der Waals surface area contributed by atoms with Gasteiger partial charge < -0.3 is 0 Å². The number of hydrogen-bond donors (Lipinski definition) is 0. The molecule has 0 radical (unpaired) electrons. The van der Waals surface area contributed by atoms with E-state index >= 15 is 0 Å². The molecule has 13 aromatic carbocycles. The zero-order chi connectivity index (χ0) is 70.5. The quantitative estimate of drug-likeness (QED) is 0.104. The Morgan fingerprint density at radius 3 is 0.743 bits per heavy atom. The van der Waals surface area contributed by atoms with Crippen LogP contribution in [0.1, 0.15) is 25.0 Å². The van der Waals surface area contributed by atoms with E-state index in [2.05, 4.69) is 202 Å². The van der Waals surface area contributed by atoms with Gasteiger partial charge in [0.2, 0.25) is 0 Å². The van der Waals surface area contributed by atoms with Gasteiger partial charge in [0.15, 0.2) is 46.6 Å². The van der Waals surface area contributed by atoms with Gasteiger partial charge in [-0.15, -0.1) is 0 Å². The average Bonchev–Trinajstić information content (AvgIpc) is 1.59. The van der Waals surface area contributed by atoms with Crippen molar-refractivity contribution in [2.24, 2.45) is 0 Å². The Balaban J connectivity index is 0.000000157. The summed E-state index contributed by atoms with van der Waals surface area (Å²) in [6.45, 7) is 4.61. The molecular weight excluding hydrogens is 1280 g/mol. The Labute approximate surface area is 610 Å². The number of hydrogen-bond acceptors (Lipinski definition) is 10. The van der Waals surface area contributed by atoms with Gasteiger partial charge in [0.1, 0.15) is 0 Å². The molecule has 0 amide bonds. The van der Waals surface area contributed by atoms with E-state index in [-0.39, 0.29) is 5.41 Å². The van der Waals surface area contributed by atoms with Gasteiger partial charge in [0.25, 0.3) is 0 Å². The van der Waals surface area contributed by atoms with E-state index in [1.165, 1.54) is 22.3 Å². The first-order valence-corrected chi connectivity index (χ1v) is 35.1. The highest BCUT2D eigenvalue weighted by Gasteiger charge is 2.35. The van der Waals surface area contributed by atoms with Crippen LogP contribution in [0.15, 0.2) is 364 Å². The SMILES string of the molecule is CC1(C)c2ccccc2-c2ccc(-c3nc(-c4ccccc4)cc(-c4cccc(-c5ccc(-c6nc(-c7ccccc7)nc(-c7ccccc7)n6)cc5)c4)n3)cc21.c1ccc(-c2cc(-c3cccc(-c4ccc(-c5nc(-c6ccccc6)nc(-c6ccccc6)n5)cc4)c3)nc(-c3ccccc3)n2)cc1. The number of nitrogens with zero attached hydrogens (tertiary/aromatic N) is 10. The van der Waals surface area contributed by atoms with Crippen molar-refractivity contribution in [1.82, 2.24) is 49.8 Å². The van der Waals surface area contributed by atoms with Crippen molar-refractivity contribution in [3.8, 4) is 170 Å². The van der Waals surface area contributed by atoms with Crippen molar-refractivity contribution in [2.45, 2.75) is 19.3 Å². The molecule has 17 aromatic rings. The first kappa shape index (κ1) is 64.4. The summed E-state index contributed by atoms with van der Waals surface area (Å²) in [4.78, 5) is 49.7. The smallest absolute Gasteiger partial charge is 0.164 e. The van der Waals surface area contributed by atoms with Crippen LogP contribution < -0.4 is 0 Å². The molecule has 0 saturated carbocycles. The predicted molar refractivity (Wildman–Crippen MR) is 425 cm³/mol. The zero-order valence-corrected chi connectivity index (χ0v) is 57.6. The van der Waals surface area contributed by atoms with Gasteiger partial charge in [-0.3, -0.25) is 0 Å². The monoisotopic (exact) mass is 1350 g/mol. The lowest BCUT2D eigenvalue weighted by molar-refractivity contribution is 0.660. The number of rotatable bonds is 14. The third-order valence-electron chi connectivity index (χ3n) is 19.1. The third kappa shape index (κ3) is 13.7. The van der Waals surface area contributed by atoms with Crippen molar-refractivity contribution in [3.05, 3.63) is 375 Å². The lowest BCUT2D eigenvalue weighted by atomic mass is 9.82. The molecule has 0 fully saturated rings. The Morgan fingerprint density at radius 2 is 0.390 bits per heavy atom. The van der Waals surface area contributed by atoms with E-state index < -0.39 is 0 Å². The second-order valence-electron chi connectivity index (χ2n) is 26.3. The van der Waals surface area contributed by atoms with Crippen molar-refractivity contribution in [3.63, 3.8) is 0 Å². The molecular formula is C95H66N10. The summed E-state index contributed by atoms with van der Waals surface area (Å²) in [7, 11) is 0. The molecule has 0 unspecified atom stereocenters. The van der Waals surface area contributed by atoms with Crippen molar-refractivity contribution < 1.29 is 0 Å². The minimum Gasteiger partial charge on any atom is -0.228 e. The summed E-state index contributed by atoms with van der Waals surface area (Å²) in [6.07, 6.45) is 0. The molecule has 1 aliphatic carbocycles. The van der Waals surface area contributed by atoms with E-state index in [0.29, 0.717) is 46.6 Å². The molecule has 0 aliphatic heterocycles. The maximum Gasteiger partial charge on any atom is 0.164 e. The summed E-state index contributed by atoms with van der Waals surface area (Å²) < 4.78 is 0. The molecule has 0 spiro atoms. The Bertz CT molecular complexity index is 5770. The van der Waals surface area contributed by atoms with Gasteiger partial charge >= 0.3 is 0 Å². The molecule has 10 heteroatoms. The zero-order valence-electron chi connectivity index (χ0n) is 57.6. The van der Waals surface area contributed by atoms with E-state index in [1.54, 1.807) is 0 Å². The normalized spacial score (nSPS) is 11.8. The van der Waals surface area contributed by atoms with Crippen molar-refractivity contribution >= 4 is 0 Å². The van der Waals surface area contributed by atoms with E-state index in [9.17, 15) is 0 Å². The highest BCUT2D eigenvalue weighted by Crippen LogP contribution is 2.50. The summed E-state index contributed by atoms with van der Waals surface area (Å²) in [5.41, 5.74) is 24.7. The molecule has 496 valence electrons. The van der Waals surface area contributed by atoms with Crippen LogP contribution in [0, 0.1) is 0 Å². The lowest BCUT2D eigenvalue weighted by Gasteiger charge is -2.21. The average molecular weight is 1350 g/mol. The Hall–Kier alpha value is -14.0. The van der Waals surface area contributed by atoms with Crippen molar-refractivity contribution in [1.29, 1.82) is 0 Å². The van der Waals surface area contributed by atoms with Crippen LogP contribution in [0.2, 0.25) is 0 Å². The minimum atomic E-state index is -0.121. The molecule has 0 bridgehead atoms. The molecule has 4 heterocycles. The lowest BCUT2D eigenvalue weighted by Crippen LogP contribution is -2.15. The predicted octanol–water partition coefficient (Wildman–Crippen LogP) is 23.0. The molecule has 1 aliphatic rings. The second kappa shape index (κ2) is 28.6. The van der Waals surface area contributed by atoms with Gasteiger partial charge in [0, 0.05) is 72.2 Å². The number of fused-ring (bicyclic) bond motifs is 3. The molecule has 0 N–H and O–H groups in total. The van der Waals surface area contributed by atoms with Crippen LogP contribution >= 0.6 is 0 Å². The van der Waals surface area contributed by atoms with Crippen LogP contribution in [0.5, 0.6) is 0 Å². The van der Waals surface area contributed by atoms with Gasteiger partial charge in [-0.2, -0.15) is 0 Å². The summed E-state index contributed by atoms with van der Waals surface area (Å²) in [6, 6.07) is 124. The van der Waals surface area contributed by atoms with E-state index in [0.717, 1.165) is 112 Å². The largest absolute Gasteiger partial charge is 0.228 e. The molecule has 18 rings (SSSR count). The maximum atomic E-state index is 5.24. The topological polar surface area (TPSA) is 129 Å². The highest BCUT2D eigenvalue weighted by atomic mass is 15.0. The molecule has 105 heavy (non-hydrogen) atoms. The highest BCUT2D eigenvalue weighted by molar-refractivity contribution is 5.85. The molecule has 0 atom stereocenters. The summed E-state index contributed by atoms with van der Waals surface area (Å²) in [5.74, 6) is 5.24. The standard InChI is InChI=1S/C52H37N5.C43H29N5/c1-52(2)44-24-13-12-23-42(44)43-30-29-41(32-45(43)52)51-53-46(35-15-6-3-7-16-35)33-47(54-51)40-22-14-21-39(31-40)34-25-27-38(28-26-34)50-56-48(36-17-8-4-9-18-36)55-49(57-50)37-19-10-5-11-20-37;1-5-14-31(15-6-1)38-29-39(45-40(44-38)32-16-7-2-8-17-32)37-23-13-22-36(28-37)30-24-26-35(27-25-30)43-47-41(33-18-9-3-10-19-33)46-42(48-43)34-20-11-4-12-21-34/h3-33H,1-2H3;1-29H. The van der Waals surface area contributed by atoms with Gasteiger partial charge in [-0.1, -0.05) is 347 Å². The Kier molecular flexibility index (Phi) is 17.5. The molecule has 0 saturated heterocycles. The van der Waals surface area contributed by atoms with Crippen LogP contribution in [0.3, 0.4) is 0 Å². The summed E-state index contributed by atoms with van der Waals surface area (Å²) in [5, 5.41) is 0. The first-order chi connectivity index (χ1) is 51.7. The Morgan fingerprint density at radius 1 is 0.152 bits per heavy atom. The minimum absolute atomic E-state index is 0.121. The first-order valence-electron chi connectivity index (χ1n) is 35.1. The van der Waals surface area contributed by atoms with Crippen LogP contribution in [-0.4, -0.2) is 49.8 Å². The fraction of sp³-hybridized carbons (Fsp3) is 0.0316. The van der Waals surface area contributed by atoms with E-state index in [1.807, 2.05) is 176 Å². The van der Waals surface area contributed by atoms with Crippen LogP contribution in [0.4, 0.5) is 0 Å².